The Hall–Kier alpha value is -2.09. The molecule has 0 saturated heterocycles. The van der Waals surface area contributed by atoms with Gasteiger partial charge in [0.25, 0.3) is 10.0 Å². The van der Waals surface area contributed by atoms with Crippen molar-refractivity contribution in [3.63, 3.8) is 0 Å². The van der Waals surface area contributed by atoms with E-state index in [0.717, 1.165) is 24.8 Å². The van der Waals surface area contributed by atoms with Crippen LogP contribution in [0.25, 0.3) is 0 Å². The first-order chi connectivity index (χ1) is 10.4. The monoisotopic (exact) mass is 325 g/mol. The maximum absolute atomic E-state index is 12.3. The SMILES string of the molecule is CCCCc1ccc2c(c1)S(=O)(=O)NC(=NCCC(=O)O)N2. The highest BCUT2D eigenvalue weighted by Crippen LogP contribution is 2.26. The van der Waals surface area contributed by atoms with Gasteiger partial charge in [-0.25, -0.2) is 13.1 Å². The number of anilines is 1. The zero-order valence-corrected chi connectivity index (χ0v) is 13.1. The molecular formula is C14H19N3O4S. The Morgan fingerprint density at radius 1 is 1.36 bits per heavy atom. The molecule has 0 saturated carbocycles. The Kier molecular flexibility index (Phi) is 5.02. The zero-order chi connectivity index (χ0) is 16.2. The quantitative estimate of drug-likeness (QED) is 0.735. The van der Waals surface area contributed by atoms with Gasteiger partial charge in [0.05, 0.1) is 18.7 Å². The van der Waals surface area contributed by atoms with Crippen molar-refractivity contribution in [3.8, 4) is 0 Å². The molecule has 120 valence electrons. The summed E-state index contributed by atoms with van der Waals surface area (Å²) in [4.78, 5) is 14.6. The fourth-order valence-electron chi connectivity index (χ4n) is 2.10. The summed E-state index contributed by atoms with van der Waals surface area (Å²) in [7, 11) is -3.68. The molecule has 1 aliphatic heterocycles. The van der Waals surface area contributed by atoms with Crippen LogP contribution in [0.1, 0.15) is 31.7 Å². The van der Waals surface area contributed by atoms with Crippen LogP contribution in [0.2, 0.25) is 0 Å². The smallest absolute Gasteiger partial charge is 0.305 e. The van der Waals surface area contributed by atoms with Crippen molar-refractivity contribution >= 4 is 27.6 Å². The van der Waals surface area contributed by atoms with E-state index in [1.54, 1.807) is 12.1 Å². The molecule has 1 heterocycles. The Bertz CT molecular complexity index is 698. The van der Waals surface area contributed by atoms with E-state index in [1.807, 2.05) is 6.07 Å². The fraction of sp³-hybridized carbons (Fsp3) is 0.429. The fourth-order valence-corrected chi connectivity index (χ4v) is 3.29. The number of carboxylic acids is 1. The first-order valence-corrected chi connectivity index (χ1v) is 8.59. The lowest BCUT2D eigenvalue weighted by molar-refractivity contribution is -0.136. The molecule has 8 heteroatoms. The van der Waals surface area contributed by atoms with Crippen LogP contribution in [-0.2, 0) is 21.2 Å². The molecule has 0 spiro atoms. The molecule has 0 bridgehead atoms. The summed E-state index contributed by atoms with van der Waals surface area (Å²) >= 11 is 0. The first-order valence-electron chi connectivity index (χ1n) is 7.11. The van der Waals surface area contributed by atoms with Gasteiger partial charge in [0.15, 0.2) is 0 Å². The number of carboxylic acid groups (broad SMARTS) is 1. The van der Waals surface area contributed by atoms with Crippen molar-refractivity contribution in [2.24, 2.45) is 4.99 Å². The van der Waals surface area contributed by atoms with Crippen molar-refractivity contribution in [2.75, 3.05) is 11.9 Å². The highest BCUT2D eigenvalue weighted by atomic mass is 32.2. The van der Waals surface area contributed by atoms with E-state index in [0.29, 0.717) is 5.69 Å². The zero-order valence-electron chi connectivity index (χ0n) is 12.3. The number of carbonyl (C=O) groups is 1. The van der Waals surface area contributed by atoms with Gasteiger partial charge in [-0.15, -0.1) is 0 Å². The maximum Gasteiger partial charge on any atom is 0.305 e. The Morgan fingerprint density at radius 3 is 2.82 bits per heavy atom. The van der Waals surface area contributed by atoms with Crippen molar-refractivity contribution in [1.29, 1.82) is 0 Å². The molecule has 7 nitrogen and oxygen atoms in total. The Balaban J connectivity index is 2.22. The second-order valence-corrected chi connectivity index (χ2v) is 6.69. The molecule has 1 aromatic carbocycles. The number of fused-ring (bicyclic) bond motifs is 1. The molecule has 0 amide bonds. The minimum Gasteiger partial charge on any atom is -0.481 e. The lowest BCUT2D eigenvalue weighted by atomic mass is 10.1. The van der Waals surface area contributed by atoms with Crippen LogP contribution in [-0.4, -0.2) is 32.0 Å². The van der Waals surface area contributed by atoms with Gasteiger partial charge < -0.3 is 10.4 Å². The van der Waals surface area contributed by atoms with Gasteiger partial charge in [-0.3, -0.25) is 9.79 Å². The largest absolute Gasteiger partial charge is 0.481 e. The lowest BCUT2D eigenvalue weighted by Gasteiger charge is -2.22. The van der Waals surface area contributed by atoms with Crippen molar-refractivity contribution in [2.45, 2.75) is 37.5 Å². The number of hydrogen-bond acceptors (Lipinski definition) is 4. The average Bonchev–Trinajstić information content (AvgIpc) is 2.44. The molecule has 0 radical (unpaired) electrons. The van der Waals surface area contributed by atoms with Crippen molar-refractivity contribution in [1.82, 2.24) is 4.72 Å². The molecule has 22 heavy (non-hydrogen) atoms. The first kappa shape index (κ1) is 16.3. The third-order valence-electron chi connectivity index (χ3n) is 3.23. The Morgan fingerprint density at radius 2 is 2.14 bits per heavy atom. The molecule has 0 aliphatic carbocycles. The molecule has 0 fully saturated rings. The van der Waals surface area contributed by atoms with Crippen LogP contribution in [0.3, 0.4) is 0 Å². The number of aliphatic imine (C=N–C) groups is 1. The summed E-state index contributed by atoms with van der Waals surface area (Å²) in [5.74, 6) is -0.931. The normalized spacial score (nSPS) is 17.4. The van der Waals surface area contributed by atoms with Crippen LogP contribution < -0.4 is 10.0 Å². The third kappa shape index (κ3) is 3.97. The highest BCUT2D eigenvalue weighted by Gasteiger charge is 2.26. The van der Waals surface area contributed by atoms with Gasteiger partial charge in [0, 0.05) is 0 Å². The van der Waals surface area contributed by atoms with Crippen LogP contribution in [0, 0.1) is 0 Å². The molecule has 0 atom stereocenters. The summed E-state index contributed by atoms with van der Waals surface area (Å²) in [5, 5.41) is 11.5. The number of unbranched alkanes of at least 4 members (excludes halogenated alkanes) is 1. The molecular weight excluding hydrogens is 306 g/mol. The van der Waals surface area contributed by atoms with Crippen LogP contribution in [0.15, 0.2) is 28.1 Å². The molecule has 1 aromatic rings. The second-order valence-electron chi connectivity index (χ2n) is 5.04. The van der Waals surface area contributed by atoms with E-state index in [-0.39, 0.29) is 23.8 Å². The Labute approximate surface area is 129 Å². The number of aliphatic carboxylic acids is 1. The maximum atomic E-state index is 12.3. The van der Waals surface area contributed by atoms with Gasteiger partial charge in [-0.1, -0.05) is 19.4 Å². The van der Waals surface area contributed by atoms with Crippen LogP contribution >= 0.6 is 0 Å². The number of sulfonamides is 1. The van der Waals surface area contributed by atoms with E-state index in [2.05, 4.69) is 22.0 Å². The second kappa shape index (κ2) is 6.78. The summed E-state index contributed by atoms with van der Waals surface area (Å²) in [6.07, 6.45) is 2.72. The minimum atomic E-state index is -3.68. The molecule has 0 unspecified atom stereocenters. The summed E-state index contributed by atoms with van der Waals surface area (Å²) in [6.45, 7) is 2.09. The number of aryl methyl sites for hydroxylation is 1. The van der Waals surface area contributed by atoms with E-state index in [4.69, 9.17) is 5.11 Å². The van der Waals surface area contributed by atoms with Crippen molar-refractivity contribution < 1.29 is 18.3 Å². The predicted molar refractivity (Wildman–Crippen MR) is 83.6 cm³/mol. The van der Waals surface area contributed by atoms with E-state index in [1.165, 1.54) is 0 Å². The standard InChI is InChI=1S/C14H19N3O4S/c1-2-3-4-10-5-6-11-12(9-10)22(20,21)17-14(16-11)15-8-7-13(18)19/h5-6,9H,2-4,7-8H2,1H3,(H,18,19)(H2,15,16,17). The van der Waals surface area contributed by atoms with Crippen LogP contribution in [0.4, 0.5) is 5.69 Å². The summed E-state index contributed by atoms with van der Waals surface area (Å²) in [6, 6.07) is 5.26. The number of nitrogens with one attached hydrogen (secondary N) is 2. The third-order valence-corrected chi connectivity index (χ3v) is 4.61. The van der Waals surface area contributed by atoms with E-state index < -0.39 is 16.0 Å². The average molecular weight is 325 g/mol. The number of rotatable bonds is 6. The number of hydrogen-bond donors (Lipinski definition) is 3. The minimum absolute atomic E-state index is 0.00407. The number of benzene rings is 1. The van der Waals surface area contributed by atoms with Gasteiger partial charge in [0.1, 0.15) is 4.90 Å². The predicted octanol–water partition coefficient (Wildman–Crippen LogP) is 1.56. The van der Waals surface area contributed by atoms with Gasteiger partial charge >= 0.3 is 5.97 Å². The van der Waals surface area contributed by atoms with E-state index >= 15 is 0 Å². The summed E-state index contributed by atoms with van der Waals surface area (Å²) < 4.78 is 26.8. The molecule has 2 rings (SSSR count). The van der Waals surface area contributed by atoms with Crippen molar-refractivity contribution in [3.05, 3.63) is 23.8 Å². The number of nitrogens with zero attached hydrogens (tertiary/aromatic N) is 1. The highest BCUT2D eigenvalue weighted by molar-refractivity contribution is 7.90. The number of guanidine groups is 1. The molecule has 3 N–H and O–H groups in total. The summed E-state index contributed by atoms with van der Waals surface area (Å²) in [5.41, 5.74) is 1.42. The van der Waals surface area contributed by atoms with Gasteiger partial charge in [-0.2, -0.15) is 0 Å². The topological polar surface area (TPSA) is 108 Å². The van der Waals surface area contributed by atoms with E-state index in [9.17, 15) is 13.2 Å². The van der Waals surface area contributed by atoms with Gasteiger partial charge in [0.2, 0.25) is 5.96 Å². The lowest BCUT2D eigenvalue weighted by Crippen LogP contribution is -2.41. The van der Waals surface area contributed by atoms with Crippen LogP contribution in [0.5, 0.6) is 0 Å². The van der Waals surface area contributed by atoms with Gasteiger partial charge in [-0.05, 0) is 30.5 Å². The molecule has 1 aliphatic rings. The molecule has 0 aromatic heterocycles.